The number of carbonyl (C=O) groups is 1. The molecule has 1 aromatic heterocycles. The lowest BCUT2D eigenvalue weighted by Crippen LogP contribution is -2.13. The summed E-state index contributed by atoms with van der Waals surface area (Å²) in [4.78, 5) is 12.8. The summed E-state index contributed by atoms with van der Waals surface area (Å²) in [6, 6.07) is 16.7. The van der Waals surface area contributed by atoms with Gasteiger partial charge in [-0.15, -0.1) is 0 Å². The molecule has 2 heterocycles. The van der Waals surface area contributed by atoms with Crippen LogP contribution in [0.2, 0.25) is 15.1 Å². The van der Waals surface area contributed by atoms with Crippen molar-refractivity contribution >= 4 is 57.4 Å². The Morgan fingerprint density at radius 1 is 1.00 bits per heavy atom. The Morgan fingerprint density at radius 3 is 2.49 bits per heavy atom. The maximum absolute atomic E-state index is 12.8. The Bertz CT molecular complexity index is 1410. The number of esters is 1. The summed E-state index contributed by atoms with van der Waals surface area (Å²) in [5.41, 5.74) is 3.78. The van der Waals surface area contributed by atoms with Crippen LogP contribution in [0.25, 0.3) is 10.9 Å². The van der Waals surface area contributed by atoms with E-state index in [9.17, 15) is 4.79 Å². The largest absolute Gasteiger partial charge is 0.461 e. The van der Waals surface area contributed by atoms with Crippen LogP contribution in [0, 0.1) is 0 Å². The van der Waals surface area contributed by atoms with Gasteiger partial charge >= 0.3 is 5.97 Å². The SMILES string of the molecule is CCOC(=O)c1cc2cc(NCc3c(Cl)cccc3Cl)ccc2n1Cc1cc2c(cc1Cl)OCO2. The quantitative estimate of drug-likeness (QED) is 0.256. The number of nitrogens with zero attached hydrogens (tertiary/aromatic N) is 1. The summed E-state index contributed by atoms with van der Waals surface area (Å²) in [7, 11) is 0. The first kappa shape index (κ1) is 23.7. The number of aromatic nitrogens is 1. The Hall–Kier alpha value is -3.06. The van der Waals surface area contributed by atoms with E-state index in [2.05, 4.69) is 5.32 Å². The van der Waals surface area contributed by atoms with E-state index >= 15 is 0 Å². The van der Waals surface area contributed by atoms with Crippen LogP contribution >= 0.6 is 34.8 Å². The van der Waals surface area contributed by atoms with Gasteiger partial charge in [0.25, 0.3) is 0 Å². The molecular weight excluding hydrogens is 511 g/mol. The molecule has 3 aromatic carbocycles. The lowest BCUT2D eigenvalue weighted by Gasteiger charge is -2.13. The minimum absolute atomic E-state index is 0.158. The van der Waals surface area contributed by atoms with E-state index in [0.29, 0.717) is 45.4 Å². The van der Waals surface area contributed by atoms with Crippen molar-refractivity contribution in [1.29, 1.82) is 0 Å². The molecule has 0 bridgehead atoms. The minimum atomic E-state index is -0.405. The predicted octanol–water partition coefficient (Wildman–Crippen LogP) is 7.17. The van der Waals surface area contributed by atoms with Crippen LogP contribution in [0.3, 0.4) is 0 Å². The number of rotatable bonds is 7. The van der Waals surface area contributed by atoms with Gasteiger partial charge < -0.3 is 24.1 Å². The highest BCUT2D eigenvalue weighted by molar-refractivity contribution is 6.36. The van der Waals surface area contributed by atoms with Crippen molar-refractivity contribution in [3.63, 3.8) is 0 Å². The molecule has 5 rings (SSSR count). The van der Waals surface area contributed by atoms with Gasteiger partial charge in [-0.05, 0) is 55.0 Å². The first-order chi connectivity index (χ1) is 16.9. The fraction of sp³-hybridized carbons (Fsp3) is 0.192. The van der Waals surface area contributed by atoms with Gasteiger partial charge in [0, 0.05) is 49.8 Å². The molecule has 180 valence electrons. The lowest BCUT2D eigenvalue weighted by atomic mass is 10.2. The van der Waals surface area contributed by atoms with E-state index in [4.69, 9.17) is 49.0 Å². The van der Waals surface area contributed by atoms with Gasteiger partial charge in [0.05, 0.1) is 13.2 Å². The molecule has 1 N–H and O–H groups in total. The monoisotopic (exact) mass is 530 g/mol. The summed E-state index contributed by atoms with van der Waals surface area (Å²) >= 11 is 19.1. The second-order valence-corrected chi connectivity index (χ2v) is 9.18. The van der Waals surface area contributed by atoms with E-state index in [1.165, 1.54) is 0 Å². The van der Waals surface area contributed by atoms with E-state index in [-0.39, 0.29) is 13.4 Å². The fourth-order valence-electron chi connectivity index (χ4n) is 4.07. The molecule has 0 unspecified atom stereocenters. The van der Waals surface area contributed by atoms with Gasteiger partial charge in [-0.1, -0.05) is 40.9 Å². The third kappa shape index (κ3) is 4.74. The van der Waals surface area contributed by atoms with Gasteiger partial charge in [0.1, 0.15) is 5.69 Å². The van der Waals surface area contributed by atoms with Crippen LogP contribution in [0.15, 0.2) is 54.6 Å². The van der Waals surface area contributed by atoms with Crippen LogP contribution in [0.4, 0.5) is 5.69 Å². The third-order valence-electron chi connectivity index (χ3n) is 5.79. The van der Waals surface area contributed by atoms with E-state index in [1.807, 2.05) is 41.0 Å². The summed E-state index contributed by atoms with van der Waals surface area (Å²) in [6.07, 6.45) is 0. The van der Waals surface area contributed by atoms with Gasteiger partial charge in [-0.3, -0.25) is 0 Å². The summed E-state index contributed by atoms with van der Waals surface area (Å²) < 4.78 is 18.1. The van der Waals surface area contributed by atoms with Crippen LogP contribution < -0.4 is 14.8 Å². The van der Waals surface area contributed by atoms with Crippen molar-refractivity contribution < 1.29 is 19.0 Å². The van der Waals surface area contributed by atoms with Crippen LogP contribution in [0.5, 0.6) is 11.5 Å². The second-order valence-electron chi connectivity index (χ2n) is 7.96. The molecule has 0 atom stereocenters. The topological polar surface area (TPSA) is 61.7 Å². The molecule has 0 saturated heterocycles. The zero-order valence-electron chi connectivity index (χ0n) is 18.7. The second kappa shape index (κ2) is 9.90. The van der Waals surface area contributed by atoms with E-state index < -0.39 is 5.97 Å². The van der Waals surface area contributed by atoms with Crippen LogP contribution in [0.1, 0.15) is 28.5 Å². The van der Waals surface area contributed by atoms with E-state index in [1.54, 1.807) is 25.1 Å². The Morgan fingerprint density at radius 2 is 1.74 bits per heavy atom. The number of hydrogen-bond acceptors (Lipinski definition) is 5. The average Bonchev–Trinajstić information content (AvgIpc) is 3.43. The molecule has 6 nitrogen and oxygen atoms in total. The Kier molecular flexibility index (Phi) is 6.69. The number of hydrogen-bond donors (Lipinski definition) is 1. The van der Waals surface area contributed by atoms with Crippen LogP contribution in [-0.4, -0.2) is 23.9 Å². The first-order valence-corrected chi connectivity index (χ1v) is 12.1. The normalized spacial score (nSPS) is 12.2. The molecule has 1 aliphatic rings. The molecule has 0 fully saturated rings. The first-order valence-electron chi connectivity index (χ1n) is 11.0. The number of halogens is 3. The summed E-state index contributed by atoms with van der Waals surface area (Å²) in [5.74, 6) is 0.831. The van der Waals surface area contributed by atoms with Crippen molar-refractivity contribution in [2.45, 2.75) is 20.0 Å². The highest BCUT2D eigenvalue weighted by Crippen LogP contribution is 2.38. The third-order valence-corrected chi connectivity index (χ3v) is 6.85. The molecule has 1 aliphatic heterocycles. The van der Waals surface area contributed by atoms with Crippen LogP contribution in [-0.2, 0) is 17.8 Å². The molecular formula is C26H21Cl3N2O4. The lowest BCUT2D eigenvalue weighted by molar-refractivity contribution is 0.0515. The van der Waals surface area contributed by atoms with Crippen molar-refractivity contribution in [2.24, 2.45) is 0 Å². The standard InChI is InChI=1S/C26H21Cl3N2O4/c1-2-33-26(32)23-9-15-8-17(30-12-18-19(27)4-3-5-20(18)28)6-7-22(15)31(23)13-16-10-24-25(11-21(16)29)35-14-34-24/h3-11,30H,2,12-14H2,1H3. The number of carbonyl (C=O) groups excluding carboxylic acids is 1. The molecule has 0 radical (unpaired) electrons. The van der Waals surface area contributed by atoms with E-state index in [0.717, 1.165) is 27.7 Å². The number of nitrogens with one attached hydrogen (secondary N) is 1. The zero-order valence-corrected chi connectivity index (χ0v) is 21.0. The maximum atomic E-state index is 12.8. The number of anilines is 1. The highest BCUT2D eigenvalue weighted by atomic mass is 35.5. The van der Waals surface area contributed by atoms with Gasteiger partial charge in [-0.2, -0.15) is 0 Å². The molecule has 4 aromatic rings. The molecule has 35 heavy (non-hydrogen) atoms. The van der Waals surface area contributed by atoms with Crippen molar-refractivity contribution in [3.05, 3.63) is 86.5 Å². The maximum Gasteiger partial charge on any atom is 0.354 e. The van der Waals surface area contributed by atoms with Crippen molar-refractivity contribution in [1.82, 2.24) is 4.57 Å². The van der Waals surface area contributed by atoms with Gasteiger partial charge in [-0.25, -0.2) is 4.79 Å². The average molecular weight is 532 g/mol. The molecule has 0 aliphatic carbocycles. The van der Waals surface area contributed by atoms with Crippen molar-refractivity contribution in [3.8, 4) is 11.5 Å². The predicted molar refractivity (Wildman–Crippen MR) is 138 cm³/mol. The minimum Gasteiger partial charge on any atom is -0.461 e. The highest BCUT2D eigenvalue weighted by Gasteiger charge is 2.21. The van der Waals surface area contributed by atoms with Gasteiger partial charge in [0.15, 0.2) is 11.5 Å². The Labute approximate surface area is 217 Å². The smallest absolute Gasteiger partial charge is 0.354 e. The fourth-order valence-corrected chi connectivity index (χ4v) is 4.81. The number of ether oxygens (including phenoxy) is 3. The zero-order chi connectivity index (χ0) is 24.5. The molecule has 0 amide bonds. The summed E-state index contributed by atoms with van der Waals surface area (Å²) in [6.45, 7) is 3.03. The number of benzene rings is 3. The molecule has 0 saturated carbocycles. The number of fused-ring (bicyclic) bond motifs is 2. The molecule has 9 heteroatoms. The van der Waals surface area contributed by atoms with Gasteiger partial charge in [0.2, 0.25) is 6.79 Å². The molecule has 0 spiro atoms. The summed E-state index contributed by atoms with van der Waals surface area (Å²) in [5, 5.41) is 5.96. The Balaban J connectivity index is 1.49. The van der Waals surface area contributed by atoms with Crippen molar-refractivity contribution in [2.75, 3.05) is 18.7 Å².